The van der Waals surface area contributed by atoms with Crippen LogP contribution in [0, 0.1) is 29.4 Å². The molecule has 4 amide bonds. The molecule has 0 spiro atoms. The predicted molar refractivity (Wildman–Crippen MR) is 212 cm³/mol. The van der Waals surface area contributed by atoms with Crippen LogP contribution >= 0.6 is 0 Å². The van der Waals surface area contributed by atoms with Gasteiger partial charge < -0.3 is 29.7 Å². The molecule has 1 saturated heterocycles. The monoisotopic (exact) mass is 837 g/mol. The van der Waals surface area contributed by atoms with Crippen LogP contribution in [0.1, 0.15) is 72.6 Å². The van der Waals surface area contributed by atoms with Crippen molar-refractivity contribution in [2.45, 2.75) is 101 Å². The number of amides is 4. The third-order valence-corrected chi connectivity index (χ3v) is 14.1. The molecule has 0 bridgehead atoms. The zero-order valence-corrected chi connectivity index (χ0v) is 34.2. The van der Waals surface area contributed by atoms with Crippen LogP contribution in [-0.2, 0) is 24.4 Å². The average molecular weight is 838 g/mol. The number of pyridine rings is 1. The van der Waals surface area contributed by atoms with Gasteiger partial charge in [0.25, 0.3) is 5.91 Å². The van der Waals surface area contributed by atoms with Gasteiger partial charge in [0, 0.05) is 29.2 Å². The van der Waals surface area contributed by atoms with Crippen LogP contribution in [0.4, 0.5) is 13.6 Å². The maximum atomic E-state index is 14.9. The Kier molecular flexibility index (Phi) is 11.6. The topological polar surface area (TPSA) is 182 Å². The summed E-state index contributed by atoms with van der Waals surface area (Å²) in [4.78, 5) is 62.5. The van der Waals surface area contributed by atoms with Crippen molar-refractivity contribution in [1.82, 2.24) is 25.2 Å². The third kappa shape index (κ3) is 8.70. The fourth-order valence-electron chi connectivity index (χ4n) is 8.07. The Balaban J connectivity index is 1.22. The van der Waals surface area contributed by atoms with E-state index >= 15 is 0 Å². The lowest BCUT2D eigenvalue weighted by Crippen LogP contribution is -2.59. The van der Waals surface area contributed by atoms with E-state index in [2.05, 4.69) is 20.3 Å². The smallest absolute Gasteiger partial charge is 0.413 e. The van der Waals surface area contributed by atoms with Gasteiger partial charge in [-0.1, -0.05) is 44.2 Å². The van der Waals surface area contributed by atoms with Crippen molar-refractivity contribution in [3.8, 4) is 17.4 Å². The van der Waals surface area contributed by atoms with Crippen LogP contribution < -0.4 is 29.6 Å². The Morgan fingerprint density at radius 1 is 1.05 bits per heavy atom. The van der Waals surface area contributed by atoms with Crippen molar-refractivity contribution >= 4 is 44.6 Å². The standard InChI is InChI=1S/C42H49F2N5O9S/c1-5-56-34-22-45-37(30-13-9-8-12-29(30)34)57-28-20-32-36(50)47-42(39(52)48-59(54,55)41(4)16-17-41)21-26(42)11-7-6-10-24(2)18-25(3)35(38(51)49(32)23-28)46-40(53)58-33-15-14-27(43)19-31(33)44/h7-9,11-15,19,22,24-26,28,32,35H,5-6,10,16-18,20-21,23H2,1-4H3,(H,46,53)(H,47,50)(H,48,52)/b11-7-/t24-,25-,26-,28-,32+,35+,42-/m1/s1. The number of sulfonamides is 1. The molecule has 4 aliphatic rings. The molecule has 3 fully saturated rings. The van der Waals surface area contributed by atoms with Gasteiger partial charge in [-0.15, -0.1) is 0 Å². The van der Waals surface area contributed by atoms with Gasteiger partial charge in [0.1, 0.15) is 35.3 Å². The zero-order chi connectivity index (χ0) is 42.3. The van der Waals surface area contributed by atoms with E-state index in [-0.39, 0.29) is 31.2 Å². The highest BCUT2D eigenvalue weighted by Crippen LogP contribution is 2.47. The lowest BCUT2D eigenvalue weighted by atomic mass is 9.88. The van der Waals surface area contributed by atoms with E-state index in [1.165, 1.54) is 11.1 Å². The average Bonchev–Trinajstić information content (AvgIpc) is 4.07. The summed E-state index contributed by atoms with van der Waals surface area (Å²) in [7, 11) is -4.05. The number of hydrogen-bond donors (Lipinski definition) is 3. The molecule has 316 valence electrons. The molecule has 7 atom stereocenters. The van der Waals surface area contributed by atoms with Crippen molar-refractivity contribution in [1.29, 1.82) is 0 Å². The first kappa shape index (κ1) is 41.8. The van der Waals surface area contributed by atoms with E-state index in [4.69, 9.17) is 14.2 Å². The number of carbonyl (C=O) groups excluding carboxylic acids is 4. The van der Waals surface area contributed by atoms with Crippen LogP contribution in [0.25, 0.3) is 10.8 Å². The highest BCUT2D eigenvalue weighted by molar-refractivity contribution is 7.91. The summed E-state index contributed by atoms with van der Waals surface area (Å²) in [6.07, 6.45) is 5.86. The predicted octanol–water partition coefficient (Wildman–Crippen LogP) is 5.30. The second-order valence-electron chi connectivity index (χ2n) is 16.5. The van der Waals surface area contributed by atoms with E-state index in [9.17, 15) is 36.4 Å². The van der Waals surface area contributed by atoms with Crippen LogP contribution in [0.3, 0.4) is 0 Å². The second-order valence-corrected chi connectivity index (χ2v) is 18.7. The van der Waals surface area contributed by atoms with Crippen molar-refractivity contribution < 1.29 is 50.6 Å². The van der Waals surface area contributed by atoms with Gasteiger partial charge in [-0.3, -0.25) is 19.1 Å². The molecule has 2 saturated carbocycles. The normalized spacial score (nSPS) is 28.5. The number of hydrogen-bond acceptors (Lipinski definition) is 10. The summed E-state index contributed by atoms with van der Waals surface area (Å²) in [6, 6.07) is 7.22. The summed E-state index contributed by atoms with van der Waals surface area (Å²) in [5.41, 5.74) is -1.60. The first-order chi connectivity index (χ1) is 28.0. The number of allylic oxidation sites excluding steroid dienone is 1. The summed E-state index contributed by atoms with van der Waals surface area (Å²) in [6.45, 7) is 7.44. The van der Waals surface area contributed by atoms with Crippen LogP contribution in [0.15, 0.2) is 60.8 Å². The fraction of sp³-hybridized carbons (Fsp3) is 0.500. The molecule has 2 aliphatic heterocycles. The molecule has 0 radical (unpaired) electrons. The number of fused-ring (bicyclic) bond motifs is 3. The molecule has 7 rings (SSSR count). The molecule has 2 aromatic carbocycles. The van der Waals surface area contributed by atoms with Crippen molar-refractivity contribution in [2.24, 2.45) is 17.8 Å². The van der Waals surface area contributed by atoms with Crippen LogP contribution in [0.5, 0.6) is 17.4 Å². The van der Waals surface area contributed by atoms with Crippen molar-refractivity contribution in [2.75, 3.05) is 13.2 Å². The minimum absolute atomic E-state index is 0.0309. The van der Waals surface area contributed by atoms with Gasteiger partial charge in [0.2, 0.25) is 27.7 Å². The third-order valence-electron chi connectivity index (χ3n) is 11.9. The number of ether oxygens (including phenoxy) is 3. The Morgan fingerprint density at radius 3 is 2.51 bits per heavy atom. The molecule has 0 unspecified atom stereocenters. The molecule has 14 nitrogen and oxygen atoms in total. The molecule has 2 aliphatic carbocycles. The minimum Gasteiger partial charge on any atom is -0.492 e. The maximum absolute atomic E-state index is 14.9. The second kappa shape index (κ2) is 16.4. The number of carbonyl (C=O) groups is 4. The van der Waals surface area contributed by atoms with Gasteiger partial charge in [-0.25, -0.2) is 27.0 Å². The molecule has 59 heavy (non-hydrogen) atoms. The molecule has 1 aromatic heterocycles. The largest absolute Gasteiger partial charge is 0.492 e. The molecular weight excluding hydrogens is 789 g/mol. The summed E-state index contributed by atoms with van der Waals surface area (Å²) >= 11 is 0. The first-order valence-electron chi connectivity index (χ1n) is 20.0. The van der Waals surface area contributed by atoms with Gasteiger partial charge in [-0.05, 0) is 82.4 Å². The summed E-state index contributed by atoms with van der Waals surface area (Å²) in [5.74, 6) is -5.03. The van der Waals surface area contributed by atoms with E-state index in [1.807, 2.05) is 50.3 Å². The van der Waals surface area contributed by atoms with Gasteiger partial charge in [0.15, 0.2) is 11.6 Å². The Bertz CT molecular complexity index is 2290. The quantitative estimate of drug-likeness (QED) is 0.239. The Labute approximate surface area is 341 Å². The van der Waals surface area contributed by atoms with Gasteiger partial charge in [0.05, 0.1) is 24.1 Å². The maximum Gasteiger partial charge on any atom is 0.413 e. The molecule has 17 heteroatoms. The lowest BCUT2D eigenvalue weighted by Gasteiger charge is -2.32. The van der Waals surface area contributed by atoms with E-state index in [0.29, 0.717) is 55.9 Å². The minimum atomic E-state index is -4.05. The fourth-order valence-corrected chi connectivity index (χ4v) is 9.39. The number of nitrogens with one attached hydrogen (secondary N) is 3. The molecule has 3 aromatic rings. The van der Waals surface area contributed by atoms with Crippen LogP contribution in [0.2, 0.25) is 0 Å². The Hall–Kier alpha value is -5.32. The lowest BCUT2D eigenvalue weighted by molar-refractivity contribution is -0.142. The van der Waals surface area contributed by atoms with E-state index in [0.717, 1.165) is 17.5 Å². The molecule has 3 heterocycles. The SMILES string of the molecule is CCOc1cnc(O[C@@H]2C[C@H]3C(=O)N[C@]4(C(=O)NS(=O)(=O)C5(C)CC5)C[C@H]4/C=C\CC[C@@H](C)C[C@@H](C)[C@H](NC(=O)Oc4ccc(F)cc4F)C(=O)N3C2)c2ccccc12. The summed E-state index contributed by atoms with van der Waals surface area (Å²) < 4.78 is 73.1. The zero-order valence-electron chi connectivity index (χ0n) is 33.3. The molecule has 3 N–H and O–H groups in total. The van der Waals surface area contributed by atoms with E-state index in [1.54, 1.807) is 13.8 Å². The van der Waals surface area contributed by atoms with Crippen molar-refractivity contribution in [3.63, 3.8) is 0 Å². The first-order valence-corrected chi connectivity index (χ1v) is 21.5. The van der Waals surface area contributed by atoms with Crippen molar-refractivity contribution in [3.05, 3.63) is 72.4 Å². The number of nitrogens with zero attached hydrogens (tertiary/aromatic N) is 2. The highest BCUT2D eigenvalue weighted by atomic mass is 32.2. The van der Waals surface area contributed by atoms with Gasteiger partial charge in [-0.2, -0.15) is 0 Å². The number of rotatable bonds is 9. The Morgan fingerprint density at radius 2 is 1.80 bits per heavy atom. The van der Waals surface area contributed by atoms with E-state index < -0.39 is 91.5 Å². The van der Waals surface area contributed by atoms with Gasteiger partial charge >= 0.3 is 6.09 Å². The molecular formula is C42H49F2N5O9S. The number of aromatic nitrogens is 1. The number of benzene rings is 2. The number of halogens is 2. The van der Waals surface area contributed by atoms with Crippen LogP contribution in [-0.4, -0.2) is 83.7 Å². The summed E-state index contributed by atoms with van der Waals surface area (Å²) in [5, 5.41) is 6.80. The highest BCUT2D eigenvalue weighted by Gasteiger charge is 2.63.